The van der Waals surface area contributed by atoms with Crippen molar-refractivity contribution in [3.05, 3.63) is 67.7 Å². The van der Waals surface area contributed by atoms with Crippen LogP contribution in [0.2, 0.25) is 0 Å². The van der Waals surface area contributed by atoms with E-state index >= 15 is 0 Å². The molecule has 1 N–H and O–H groups in total. The van der Waals surface area contributed by atoms with Gasteiger partial charge in [-0.25, -0.2) is 0 Å². The summed E-state index contributed by atoms with van der Waals surface area (Å²) >= 11 is 1.65. The van der Waals surface area contributed by atoms with Crippen LogP contribution in [-0.2, 0) is 0 Å². The van der Waals surface area contributed by atoms with Gasteiger partial charge in [0.15, 0.2) is 11.2 Å². The quantitative estimate of drug-likeness (QED) is 0.747. The van der Waals surface area contributed by atoms with Crippen LogP contribution in [0.3, 0.4) is 0 Å². The fourth-order valence-corrected chi connectivity index (χ4v) is 3.74. The van der Waals surface area contributed by atoms with Crippen molar-refractivity contribution in [1.82, 2.24) is 10.2 Å². The third-order valence-electron chi connectivity index (χ3n) is 4.52. The maximum absolute atomic E-state index is 12.5. The van der Waals surface area contributed by atoms with Crippen molar-refractivity contribution in [2.75, 3.05) is 20.6 Å². The minimum Gasteiger partial charge on any atom is -0.451 e. The minimum atomic E-state index is -0.384. The lowest BCUT2D eigenvalue weighted by atomic mass is 10.1. The molecule has 3 rings (SSSR count). The van der Waals surface area contributed by atoms with Crippen LogP contribution >= 0.6 is 11.3 Å². The smallest absolute Gasteiger partial charge is 0.287 e. The van der Waals surface area contributed by atoms with Gasteiger partial charge in [-0.05, 0) is 62.6 Å². The Morgan fingerprint density at radius 1 is 1.23 bits per heavy atom. The van der Waals surface area contributed by atoms with Crippen molar-refractivity contribution >= 4 is 28.2 Å². The SMILES string of the molecule is Cc1cc2oc(C(=O)NC[C@H](c3cccs3)N(C)C)cc(=O)c2cc1C. The molecule has 0 radical (unpaired) electrons. The predicted molar refractivity (Wildman–Crippen MR) is 105 cm³/mol. The van der Waals surface area contributed by atoms with E-state index in [0.29, 0.717) is 17.5 Å². The zero-order valence-electron chi connectivity index (χ0n) is 15.3. The molecule has 1 amide bonds. The number of carbonyl (C=O) groups excluding carboxylic acids is 1. The first-order valence-corrected chi connectivity index (χ1v) is 9.28. The molecule has 0 saturated heterocycles. The van der Waals surface area contributed by atoms with Gasteiger partial charge in [0.05, 0.1) is 11.4 Å². The van der Waals surface area contributed by atoms with Gasteiger partial charge in [0.2, 0.25) is 0 Å². The van der Waals surface area contributed by atoms with Crippen molar-refractivity contribution in [3.8, 4) is 0 Å². The topological polar surface area (TPSA) is 62.6 Å². The van der Waals surface area contributed by atoms with Gasteiger partial charge < -0.3 is 14.6 Å². The van der Waals surface area contributed by atoms with Crippen molar-refractivity contribution in [2.24, 2.45) is 0 Å². The van der Waals surface area contributed by atoms with E-state index < -0.39 is 0 Å². The minimum absolute atomic E-state index is 0.0365. The lowest BCUT2D eigenvalue weighted by Gasteiger charge is -2.23. The fraction of sp³-hybridized carbons (Fsp3) is 0.300. The van der Waals surface area contributed by atoms with Crippen LogP contribution in [0, 0.1) is 13.8 Å². The van der Waals surface area contributed by atoms with E-state index in [9.17, 15) is 9.59 Å². The molecule has 0 unspecified atom stereocenters. The van der Waals surface area contributed by atoms with Crippen LogP contribution in [0.15, 0.2) is 44.9 Å². The summed E-state index contributed by atoms with van der Waals surface area (Å²) in [5.74, 6) is -0.347. The van der Waals surface area contributed by atoms with E-state index in [1.54, 1.807) is 23.5 Å². The van der Waals surface area contributed by atoms with Crippen LogP contribution in [0.25, 0.3) is 11.0 Å². The number of hydrogen-bond acceptors (Lipinski definition) is 5. The molecule has 0 aliphatic rings. The second-order valence-electron chi connectivity index (χ2n) is 6.61. The lowest BCUT2D eigenvalue weighted by Crippen LogP contribution is -2.34. The van der Waals surface area contributed by atoms with E-state index in [2.05, 4.69) is 10.2 Å². The van der Waals surface area contributed by atoms with Crippen LogP contribution < -0.4 is 10.7 Å². The molecule has 1 aromatic carbocycles. The van der Waals surface area contributed by atoms with E-state index in [-0.39, 0.29) is 23.1 Å². The standard InChI is InChI=1S/C20H22N2O3S/c1-12-8-14-16(23)10-18(25-17(14)9-13(12)2)20(24)21-11-15(22(3)4)19-6-5-7-26-19/h5-10,15H,11H2,1-4H3,(H,21,24)/t15-/m1/s1. The van der Waals surface area contributed by atoms with Gasteiger partial charge >= 0.3 is 0 Å². The van der Waals surface area contributed by atoms with Crippen LogP contribution in [0.1, 0.15) is 32.6 Å². The maximum atomic E-state index is 12.5. The Morgan fingerprint density at radius 2 is 1.96 bits per heavy atom. The molecular weight excluding hydrogens is 348 g/mol. The predicted octanol–water partition coefficient (Wildman–Crippen LogP) is 3.50. The Kier molecular flexibility index (Phi) is 5.25. The Morgan fingerprint density at radius 3 is 2.62 bits per heavy atom. The maximum Gasteiger partial charge on any atom is 0.287 e. The van der Waals surface area contributed by atoms with E-state index in [1.807, 2.05) is 45.5 Å². The Balaban J connectivity index is 1.83. The van der Waals surface area contributed by atoms with Gasteiger partial charge in [-0.3, -0.25) is 9.59 Å². The summed E-state index contributed by atoms with van der Waals surface area (Å²) in [5.41, 5.74) is 2.27. The number of carbonyl (C=O) groups is 1. The van der Waals surface area contributed by atoms with Crippen molar-refractivity contribution in [3.63, 3.8) is 0 Å². The molecule has 2 heterocycles. The first kappa shape index (κ1) is 18.4. The normalized spacial score (nSPS) is 12.5. The fourth-order valence-electron chi connectivity index (χ4n) is 2.82. The molecule has 2 aromatic heterocycles. The number of nitrogens with one attached hydrogen (secondary N) is 1. The summed E-state index contributed by atoms with van der Waals surface area (Å²) < 4.78 is 5.70. The first-order chi connectivity index (χ1) is 12.4. The molecular formula is C20H22N2O3S. The highest BCUT2D eigenvalue weighted by Crippen LogP contribution is 2.22. The molecule has 3 aromatic rings. The summed E-state index contributed by atoms with van der Waals surface area (Å²) in [6.07, 6.45) is 0. The average molecular weight is 370 g/mol. The van der Waals surface area contributed by atoms with Gasteiger partial charge in [0.1, 0.15) is 5.58 Å². The Labute approximate surface area is 156 Å². The third-order valence-corrected chi connectivity index (χ3v) is 5.49. The zero-order chi connectivity index (χ0) is 18.8. The summed E-state index contributed by atoms with van der Waals surface area (Å²) in [4.78, 5) is 28.1. The lowest BCUT2D eigenvalue weighted by molar-refractivity contribution is 0.0915. The molecule has 0 fully saturated rings. The second-order valence-corrected chi connectivity index (χ2v) is 7.59. The highest BCUT2D eigenvalue weighted by Gasteiger charge is 2.18. The number of likely N-dealkylation sites (N-methyl/N-ethyl adjacent to an activating group) is 1. The van der Waals surface area contributed by atoms with Crippen LogP contribution in [-0.4, -0.2) is 31.4 Å². The Bertz CT molecular complexity index is 990. The second kappa shape index (κ2) is 7.43. The number of hydrogen-bond donors (Lipinski definition) is 1. The summed E-state index contributed by atoms with van der Waals surface area (Å²) in [6.45, 7) is 4.33. The molecule has 0 bridgehead atoms. The number of aryl methyl sites for hydroxylation is 2. The molecule has 26 heavy (non-hydrogen) atoms. The highest BCUT2D eigenvalue weighted by molar-refractivity contribution is 7.10. The van der Waals surface area contributed by atoms with Gasteiger partial charge in [-0.2, -0.15) is 0 Å². The molecule has 5 nitrogen and oxygen atoms in total. The van der Waals surface area contributed by atoms with Crippen molar-refractivity contribution in [1.29, 1.82) is 0 Å². The number of thiophene rings is 1. The summed E-state index contributed by atoms with van der Waals surface area (Å²) in [5, 5.41) is 5.39. The number of rotatable bonds is 5. The summed E-state index contributed by atoms with van der Waals surface area (Å²) in [6, 6.07) is 8.97. The van der Waals surface area contributed by atoms with Crippen LogP contribution in [0.4, 0.5) is 0 Å². The number of amides is 1. The summed E-state index contributed by atoms with van der Waals surface area (Å²) in [7, 11) is 3.94. The van der Waals surface area contributed by atoms with Crippen molar-refractivity contribution in [2.45, 2.75) is 19.9 Å². The first-order valence-electron chi connectivity index (χ1n) is 8.40. The van der Waals surface area contributed by atoms with Gasteiger partial charge in [0, 0.05) is 17.5 Å². The van der Waals surface area contributed by atoms with E-state index in [1.165, 1.54) is 10.9 Å². The van der Waals surface area contributed by atoms with Gasteiger partial charge in [-0.15, -0.1) is 11.3 Å². The molecule has 1 atom stereocenters. The molecule has 6 heteroatoms. The number of fused-ring (bicyclic) bond motifs is 1. The highest BCUT2D eigenvalue weighted by atomic mass is 32.1. The van der Waals surface area contributed by atoms with E-state index in [4.69, 9.17) is 4.42 Å². The van der Waals surface area contributed by atoms with Crippen LogP contribution in [0.5, 0.6) is 0 Å². The molecule has 0 aliphatic carbocycles. The molecule has 0 aliphatic heterocycles. The molecule has 136 valence electrons. The Hall–Kier alpha value is -2.44. The molecule has 0 spiro atoms. The van der Waals surface area contributed by atoms with E-state index in [0.717, 1.165) is 11.1 Å². The molecule has 0 saturated carbocycles. The third kappa shape index (κ3) is 3.71. The monoisotopic (exact) mass is 370 g/mol. The largest absolute Gasteiger partial charge is 0.451 e. The van der Waals surface area contributed by atoms with Crippen molar-refractivity contribution < 1.29 is 9.21 Å². The zero-order valence-corrected chi connectivity index (χ0v) is 16.1. The van der Waals surface area contributed by atoms with Gasteiger partial charge in [-0.1, -0.05) is 6.07 Å². The average Bonchev–Trinajstić information content (AvgIpc) is 3.10. The number of benzene rings is 1. The van der Waals surface area contributed by atoms with Gasteiger partial charge in [0.25, 0.3) is 5.91 Å². The number of nitrogens with zero attached hydrogens (tertiary/aromatic N) is 1.